The molecule has 4 rings (SSSR count). The van der Waals surface area contributed by atoms with Gasteiger partial charge in [-0.3, -0.25) is 0 Å². The third kappa shape index (κ3) is 4.21. The lowest BCUT2D eigenvalue weighted by Crippen LogP contribution is -2.02. The second kappa shape index (κ2) is 8.58. The molecule has 0 unspecified atom stereocenters. The molecule has 0 radical (unpaired) electrons. The van der Waals surface area contributed by atoms with Crippen LogP contribution in [0.3, 0.4) is 0 Å². The van der Waals surface area contributed by atoms with Crippen LogP contribution in [-0.4, -0.2) is 19.7 Å². The second-order valence-electron chi connectivity index (χ2n) is 7.18. The van der Waals surface area contributed by atoms with Crippen LogP contribution in [0.15, 0.2) is 42.2 Å². The van der Waals surface area contributed by atoms with Gasteiger partial charge in [0.1, 0.15) is 0 Å². The Labute approximate surface area is 159 Å². The lowest BCUT2D eigenvalue weighted by molar-refractivity contribution is 0.536. The van der Waals surface area contributed by atoms with Crippen LogP contribution in [0.2, 0.25) is 0 Å². The van der Waals surface area contributed by atoms with Crippen molar-refractivity contribution in [1.82, 2.24) is 19.7 Å². The fourth-order valence-corrected chi connectivity index (χ4v) is 4.64. The zero-order chi connectivity index (χ0) is 17.6. The van der Waals surface area contributed by atoms with Gasteiger partial charge in [-0.25, -0.2) is 14.6 Å². The third-order valence-electron chi connectivity index (χ3n) is 5.30. The Morgan fingerprint density at radius 1 is 0.962 bits per heavy atom. The Bertz CT molecular complexity index is 785. The highest BCUT2D eigenvalue weighted by atomic mass is 32.1. The van der Waals surface area contributed by atoms with Gasteiger partial charge in [-0.05, 0) is 41.8 Å². The van der Waals surface area contributed by atoms with E-state index >= 15 is 0 Å². The van der Waals surface area contributed by atoms with Gasteiger partial charge in [-0.2, -0.15) is 5.10 Å². The molecule has 26 heavy (non-hydrogen) atoms. The Balaban J connectivity index is 1.66. The average molecular weight is 367 g/mol. The van der Waals surface area contributed by atoms with E-state index in [1.807, 2.05) is 22.1 Å². The number of nitrogens with zero attached hydrogens (tertiary/aromatic N) is 4. The number of aromatic nitrogens is 4. The average Bonchev–Trinajstić information content (AvgIpc) is 3.34. The Hall–Kier alpha value is -2.01. The van der Waals surface area contributed by atoms with E-state index in [0.29, 0.717) is 11.9 Å². The first-order valence-corrected chi connectivity index (χ1v) is 10.7. The molecule has 136 valence electrons. The van der Waals surface area contributed by atoms with E-state index in [1.54, 1.807) is 12.4 Å². The predicted molar refractivity (Wildman–Crippen MR) is 106 cm³/mol. The molecule has 3 aromatic heterocycles. The lowest BCUT2D eigenvalue weighted by atomic mass is 9.89. The van der Waals surface area contributed by atoms with Crippen LogP contribution in [-0.2, 0) is 6.42 Å². The summed E-state index contributed by atoms with van der Waals surface area (Å²) in [5.41, 5.74) is 2.61. The van der Waals surface area contributed by atoms with Crippen LogP contribution in [0.25, 0.3) is 5.95 Å². The minimum atomic E-state index is 0.612. The van der Waals surface area contributed by atoms with E-state index < -0.39 is 0 Å². The summed E-state index contributed by atoms with van der Waals surface area (Å²) in [6.07, 6.45) is 17.4. The highest BCUT2D eigenvalue weighted by Gasteiger charge is 2.21. The predicted octanol–water partition coefficient (Wildman–Crippen LogP) is 5.53. The molecular weight excluding hydrogens is 340 g/mol. The monoisotopic (exact) mass is 366 g/mol. The van der Waals surface area contributed by atoms with Gasteiger partial charge < -0.3 is 0 Å². The van der Waals surface area contributed by atoms with Crippen LogP contribution in [0.4, 0.5) is 0 Å². The summed E-state index contributed by atoms with van der Waals surface area (Å²) in [6, 6.07) is 6.17. The van der Waals surface area contributed by atoms with Crippen molar-refractivity contribution in [3.05, 3.63) is 58.3 Å². The largest absolute Gasteiger partial charge is 0.250 e. The fraction of sp³-hybridized carbons (Fsp3) is 0.476. The molecule has 3 aromatic rings. The maximum absolute atomic E-state index is 4.91. The van der Waals surface area contributed by atoms with Crippen molar-refractivity contribution in [3.8, 4) is 5.95 Å². The van der Waals surface area contributed by atoms with E-state index in [1.165, 1.54) is 67.5 Å². The summed E-state index contributed by atoms with van der Waals surface area (Å²) in [7, 11) is 0. The van der Waals surface area contributed by atoms with Gasteiger partial charge in [-0.1, -0.05) is 44.6 Å². The molecule has 4 nitrogen and oxygen atoms in total. The first-order chi connectivity index (χ1) is 12.9. The van der Waals surface area contributed by atoms with E-state index in [4.69, 9.17) is 5.10 Å². The van der Waals surface area contributed by atoms with Crippen molar-refractivity contribution in [2.24, 2.45) is 0 Å². The maximum Gasteiger partial charge on any atom is 0.250 e. The number of hydrogen-bond donors (Lipinski definition) is 0. The molecule has 5 heteroatoms. The smallest absolute Gasteiger partial charge is 0.220 e. The van der Waals surface area contributed by atoms with E-state index in [-0.39, 0.29) is 0 Å². The minimum Gasteiger partial charge on any atom is -0.220 e. The summed E-state index contributed by atoms with van der Waals surface area (Å²) in [5.74, 6) is 1.27. The Morgan fingerprint density at radius 3 is 2.38 bits per heavy atom. The molecule has 0 N–H and O–H groups in total. The first-order valence-electron chi connectivity index (χ1n) is 9.78. The third-order valence-corrected chi connectivity index (χ3v) is 6.17. The van der Waals surface area contributed by atoms with E-state index in [9.17, 15) is 0 Å². The van der Waals surface area contributed by atoms with Crippen LogP contribution in [0, 0.1) is 0 Å². The highest BCUT2D eigenvalue weighted by Crippen LogP contribution is 2.33. The SMILES string of the molecule is c1cnc(-n2cc(C3CCCCCCCC3)c(Cc3cccs3)n2)nc1. The molecule has 1 aliphatic rings. The molecule has 0 bridgehead atoms. The van der Waals surface area contributed by atoms with E-state index in [2.05, 4.69) is 33.7 Å². The van der Waals surface area contributed by atoms with Crippen molar-refractivity contribution in [3.63, 3.8) is 0 Å². The molecule has 0 atom stereocenters. The fourth-order valence-electron chi connectivity index (χ4n) is 3.94. The summed E-state index contributed by atoms with van der Waals surface area (Å²) in [4.78, 5) is 10.1. The molecule has 0 amide bonds. The van der Waals surface area contributed by atoms with Crippen LogP contribution < -0.4 is 0 Å². The summed E-state index contributed by atoms with van der Waals surface area (Å²) >= 11 is 1.81. The number of hydrogen-bond acceptors (Lipinski definition) is 4. The molecule has 1 aliphatic carbocycles. The van der Waals surface area contributed by atoms with Gasteiger partial charge in [0.2, 0.25) is 5.95 Å². The second-order valence-corrected chi connectivity index (χ2v) is 8.21. The quantitative estimate of drug-likeness (QED) is 0.609. The van der Waals surface area contributed by atoms with Crippen LogP contribution in [0.5, 0.6) is 0 Å². The molecule has 0 aliphatic heterocycles. The highest BCUT2D eigenvalue weighted by molar-refractivity contribution is 7.09. The lowest BCUT2D eigenvalue weighted by Gasteiger charge is -2.15. The summed E-state index contributed by atoms with van der Waals surface area (Å²) < 4.78 is 1.88. The molecule has 0 spiro atoms. The number of thiophene rings is 1. The zero-order valence-electron chi connectivity index (χ0n) is 15.2. The normalized spacial score (nSPS) is 16.8. The molecule has 1 saturated carbocycles. The Kier molecular flexibility index (Phi) is 5.75. The van der Waals surface area contributed by atoms with Gasteiger partial charge in [0.25, 0.3) is 0 Å². The molecular formula is C21H26N4S. The standard InChI is InChI=1S/C21H26N4S/c1-2-4-6-10-17(9-5-3-1)19-16-25(21-22-12-8-13-23-21)24-20(19)15-18-11-7-14-26-18/h7-8,11-14,16-17H,1-6,9-10,15H2. The van der Waals surface area contributed by atoms with Gasteiger partial charge in [0.05, 0.1) is 5.69 Å². The summed E-state index contributed by atoms with van der Waals surface area (Å²) in [5, 5.41) is 7.05. The van der Waals surface area contributed by atoms with E-state index in [0.717, 1.165) is 6.42 Å². The number of rotatable bonds is 4. The summed E-state index contributed by atoms with van der Waals surface area (Å²) in [6.45, 7) is 0. The van der Waals surface area contributed by atoms with Crippen molar-refractivity contribution >= 4 is 11.3 Å². The minimum absolute atomic E-state index is 0.612. The van der Waals surface area contributed by atoms with Gasteiger partial charge >= 0.3 is 0 Å². The van der Waals surface area contributed by atoms with Crippen molar-refractivity contribution < 1.29 is 0 Å². The van der Waals surface area contributed by atoms with Gasteiger partial charge in [0, 0.05) is 29.9 Å². The Morgan fingerprint density at radius 2 is 1.69 bits per heavy atom. The van der Waals surface area contributed by atoms with Crippen LogP contribution >= 0.6 is 11.3 Å². The van der Waals surface area contributed by atoms with Crippen molar-refractivity contribution in [2.75, 3.05) is 0 Å². The maximum atomic E-state index is 4.91. The molecule has 0 saturated heterocycles. The molecule has 0 aromatic carbocycles. The first kappa shape index (κ1) is 17.4. The van der Waals surface area contributed by atoms with Crippen molar-refractivity contribution in [2.45, 2.75) is 63.7 Å². The van der Waals surface area contributed by atoms with Gasteiger partial charge in [-0.15, -0.1) is 11.3 Å². The van der Waals surface area contributed by atoms with Crippen LogP contribution in [0.1, 0.15) is 73.4 Å². The molecule has 3 heterocycles. The van der Waals surface area contributed by atoms with Gasteiger partial charge in [0.15, 0.2) is 0 Å². The van der Waals surface area contributed by atoms with Crippen molar-refractivity contribution in [1.29, 1.82) is 0 Å². The topological polar surface area (TPSA) is 43.6 Å². The zero-order valence-corrected chi connectivity index (χ0v) is 16.0. The molecule has 1 fully saturated rings.